The predicted octanol–water partition coefficient (Wildman–Crippen LogP) is 1.72. The third-order valence-corrected chi connectivity index (χ3v) is 6.31. The van der Waals surface area contributed by atoms with Crippen LogP contribution in [0, 0.1) is 6.92 Å². The van der Waals surface area contributed by atoms with Crippen LogP contribution in [0.25, 0.3) is 0 Å². The summed E-state index contributed by atoms with van der Waals surface area (Å²) in [7, 11) is -0.939. The molecule has 0 aliphatic carbocycles. The van der Waals surface area contributed by atoms with Crippen LogP contribution in [-0.2, 0) is 27.7 Å². The molecule has 168 valence electrons. The second kappa shape index (κ2) is 9.65. The molecule has 0 spiro atoms. The minimum Gasteiger partial charge on any atom is -0.493 e. The van der Waals surface area contributed by atoms with Crippen LogP contribution in [0.2, 0.25) is 0 Å². The second-order valence-electron chi connectivity index (χ2n) is 6.92. The number of amides is 1. The summed E-state index contributed by atoms with van der Waals surface area (Å²) >= 11 is 0. The summed E-state index contributed by atoms with van der Waals surface area (Å²) in [6.45, 7) is 1.45. The zero-order valence-corrected chi connectivity index (χ0v) is 18.7. The van der Waals surface area contributed by atoms with Gasteiger partial charge in [0.15, 0.2) is 16.5 Å². The summed E-state index contributed by atoms with van der Waals surface area (Å²) in [4.78, 5) is 24.7. The number of carbonyl (C=O) groups excluding carboxylic acids is 1. The number of hydrogen-bond acceptors (Lipinski definition) is 7. The SMILES string of the molecule is COc1cccc(CNC(=O)Cn2nc(S(=O)(=O)c3cccc(C)c3)ccc2=O)c1OC. The van der Waals surface area contributed by atoms with E-state index >= 15 is 0 Å². The third kappa shape index (κ3) is 4.97. The lowest BCUT2D eigenvalue weighted by atomic mass is 10.2. The highest BCUT2D eigenvalue weighted by atomic mass is 32.2. The summed E-state index contributed by atoms with van der Waals surface area (Å²) in [6.07, 6.45) is 0. The maximum atomic E-state index is 12.9. The fourth-order valence-corrected chi connectivity index (χ4v) is 4.36. The van der Waals surface area contributed by atoms with Gasteiger partial charge in [-0.2, -0.15) is 5.10 Å². The van der Waals surface area contributed by atoms with Gasteiger partial charge in [0, 0.05) is 18.2 Å². The fourth-order valence-electron chi connectivity index (χ4n) is 3.07. The maximum absolute atomic E-state index is 12.9. The molecule has 1 aromatic heterocycles. The van der Waals surface area contributed by atoms with Gasteiger partial charge in [-0.25, -0.2) is 13.1 Å². The van der Waals surface area contributed by atoms with Gasteiger partial charge in [-0.15, -0.1) is 0 Å². The number of carbonyl (C=O) groups is 1. The number of aromatic nitrogens is 2. The lowest BCUT2D eigenvalue weighted by Crippen LogP contribution is -2.33. The van der Waals surface area contributed by atoms with Gasteiger partial charge in [-0.1, -0.05) is 24.3 Å². The molecule has 3 aromatic rings. The van der Waals surface area contributed by atoms with E-state index in [-0.39, 0.29) is 16.5 Å². The van der Waals surface area contributed by atoms with Crippen LogP contribution in [0.15, 0.2) is 69.3 Å². The molecule has 3 rings (SSSR count). The van der Waals surface area contributed by atoms with Crippen LogP contribution in [0.3, 0.4) is 0 Å². The molecule has 0 bridgehead atoms. The Morgan fingerprint density at radius 3 is 2.50 bits per heavy atom. The number of aryl methyl sites for hydroxylation is 1. The molecule has 0 atom stereocenters. The minimum absolute atomic E-state index is 0.0600. The Hall–Kier alpha value is -3.66. The van der Waals surface area contributed by atoms with Crippen molar-refractivity contribution in [2.45, 2.75) is 29.9 Å². The number of methoxy groups -OCH3 is 2. The summed E-state index contributed by atoms with van der Waals surface area (Å²) in [5, 5.41) is 6.28. The van der Waals surface area contributed by atoms with Crippen LogP contribution in [0.5, 0.6) is 11.5 Å². The minimum atomic E-state index is -3.94. The summed E-state index contributed by atoms with van der Waals surface area (Å²) in [5.41, 5.74) is 0.852. The molecule has 1 heterocycles. The highest BCUT2D eigenvalue weighted by Crippen LogP contribution is 2.30. The Kier molecular flexibility index (Phi) is 6.94. The van der Waals surface area contributed by atoms with Gasteiger partial charge in [-0.3, -0.25) is 9.59 Å². The molecule has 0 aliphatic rings. The first-order valence-corrected chi connectivity index (χ1v) is 11.1. The largest absolute Gasteiger partial charge is 0.493 e. The van der Waals surface area contributed by atoms with E-state index in [4.69, 9.17) is 9.47 Å². The monoisotopic (exact) mass is 457 g/mol. The second-order valence-corrected chi connectivity index (χ2v) is 8.81. The maximum Gasteiger partial charge on any atom is 0.267 e. The molecule has 32 heavy (non-hydrogen) atoms. The number of hydrogen-bond donors (Lipinski definition) is 1. The molecule has 0 saturated heterocycles. The molecule has 10 heteroatoms. The normalized spacial score (nSPS) is 11.1. The molecule has 1 amide bonds. The van der Waals surface area contributed by atoms with Crippen molar-refractivity contribution in [3.63, 3.8) is 0 Å². The van der Waals surface area contributed by atoms with Crippen molar-refractivity contribution in [1.82, 2.24) is 15.1 Å². The molecule has 0 aliphatic heterocycles. The van der Waals surface area contributed by atoms with Crippen molar-refractivity contribution in [2.24, 2.45) is 0 Å². The van der Waals surface area contributed by atoms with Gasteiger partial charge in [0.25, 0.3) is 5.56 Å². The molecule has 0 fully saturated rings. The Morgan fingerprint density at radius 1 is 1.06 bits per heavy atom. The standard InChI is InChI=1S/C22H23N3O6S/c1-15-6-4-8-17(12-15)32(28,29)20-10-11-21(27)25(24-20)14-19(26)23-13-16-7-5-9-18(30-2)22(16)31-3/h4-12H,13-14H2,1-3H3,(H,23,26). The Bertz CT molecular complexity index is 1300. The van der Waals surface area contributed by atoms with Crippen molar-refractivity contribution in [1.29, 1.82) is 0 Å². The van der Waals surface area contributed by atoms with E-state index in [1.807, 2.05) is 0 Å². The van der Waals surface area contributed by atoms with E-state index in [9.17, 15) is 18.0 Å². The number of para-hydroxylation sites is 1. The van der Waals surface area contributed by atoms with Crippen LogP contribution in [0.4, 0.5) is 0 Å². The Labute approximate surface area is 185 Å². The number of sulfone groups is 1. The molecule has 2 aromatic carbocycles. The van der Waals surface area contributed by atoms with Gasteiger partial charge in [-0.05, 0) is 36.8 Å². The first kappa shape index (κ1) is 23.0. The summed E-state index contributed by atoms with van der Waals surface area (Å²) < 4.78 is 37.1. The van der Waals surface area contributed by atoms with E-state index in [2.05, 4.69) is 10.4 Å². The highest BCUT2D eigenvalue weighted by molar-refractivity contribution is 7.91. The molecular weight excluding hydrogens is 434 g/mol. The molecule has 0 unspecified atom stereocenters. The number of benzene rings is 2. The average molecular weight is 458 g/mol. The average Bonchev–Trinajstić information content (AvgIpc) is 2.78. The van der Waals surface area contributed by atoms with E-state index < -0.39 is 27.8 Å². The summed E-state index contributed by atoms with van der Waals surface area (Å²) in [5.74, 6) is 0.484. The predicted molar refractivity (Wildman–Crippen MR) is 117 cm³/mol. The van der Waals surface area contributed by atoms with Crippen LogP contribution >= 0.6 is 0 Å². The van der Waals surface area contributed by atoms with Gasteiger partial charge >= 0.3 is 0 Å². The zero-order chi connectivity index (χ0) is 23.3. The van der Waals surface area contributed by atoms with E-state index in [0.717, 1.165) is 22.4 Å². The molecule has 9 nitrogen and oxygen atoms in total. The summed E-state index contributed by atoms with van der Waals surface area (Å²) in [6, 6.07) is 13.8. The first-order chi connectivity index (χ1) is 15.3. The number of nitrogens with one attached hydrogen (secondary N) is 1. The highest BCUT2D eigenvalue weighted by Gasteiger charge is 2.21. The number of rotatable bonds is 8. The van der Waals surface area contributed by atoms with E-state index in [1.165, 1.54) is 26.4 Å². The quantitative estimate of drug-likeness (QED) is 0.547. The Morgan fingerprint density at radius 2 is 1.81 bits per heavy atom. The number of ether oxygens (including phenoxy) is 2. The van der Waals surface area contributed by atoms with Gasteiger partial charge < -0.3 is 14.8 Å². The van der Waals surface area contributed by atoms with Gasteiger partial charge in [0.05, 0.1) is 19.1 Å². The lowest BCUT2D eigenvalue weighted by molar-refractivity contribution is -0.122. The van der Waals surface area contributed by atoms with Crippen molar-refractivity contribution >= 4 is 15.7 Å². The molecule has 0 saturated carbocycles. The van der Waals surface area contributed by atoms with Crippen molar-refractivity contribution < 1.29 is 22.7 Å². The van der Waals surface area contributed by atoms with E-state index in [1.54, 1.807) is 37.3 Å². The van der Waals surface area contributed by atoms with Crippen LogP contribution in [-0.4, -0.2) is 38.3 Å². The fraction of sp³-hybridized carbons (Fsp3) is 0.227. The van der Waals surface area contributed by atoms with Crippen molar-refractivity contribution in [2.75, 3.05) is 14.2 Å². The lowest BCUT2D eigenvalue weighted by Gasteiger charge is -2.13. The topological polar surface area (TPSA) is 117 Å². The molecule has 0 radical (unpaired) electrons. The first-order valence-electron chi connectivity index (χ1n) is 9.62. The van der Waals surface area contributed by atoms with Crippen molar-refractivity contribution in [3.8, 4) is 11.5 Å². The van der Waals surface area contributed by atoms with Crippen LogP contribution in [0.1, 0.15) is 11.1 Å². The van der Waals surface area contributed by atoms with Gasteiger partial charge in [0.2, 0.25) is 15.7 Å². The zero-order valence-electron chi connectivity index (χ0n) is 17.9. The van der Waals surface area contributed by atoms with Gasteiger partial charge in [0.1, 0.15) is 6.54 Å². The smallest absolute Gasteiger partial charge is 0.267 e. The van der Waals surface area contributed by atoms with Crippen LogP contribution < -0.4 is 20.3 Å². The third-order valence-electron chi connectivity index (χ3n) is 4.67. The van der Waals surface area contributed by atoms with Crippen molar-refractivity contribution in [3.05, 3.63) is 76.1 Å². The molecule has 1 N–H and O–H groups in total. The van der Waals surface area contributed by atoms with E-state index in [0.29, 0.717) is 17.1 Å². The Balaban J connectivity index is 1.79. The molecular formula is C22H23N3O6S. The number of nitrogens with zero attached hydrogens (tertiary/aromatic N) is 2.